The van der Waals surface area contributed by atoms with Gasteiger partial charge in [0.25, 0.3) is 0 Å². The van der Waals surface area contributed by atoms with E-state index >= 15 is 0 Å². The molecule has 0 bridgehead atoms. The van der Waals surface area contributed by atoms with E-state index in [1.54, 1.807) is 0 Å². The first-order valence-corrected chi connectivity index (χ1v) is 10.9. The Bertz CT molecular complexity index is 1130. The van der Waals surface area contributed by atoms with Crippen LogP contribution in [0.25, 0.3) is 10.9 Å². The van der Waals surface area contributed by atoms with Crippen molar-refractivity contribution in [2.75, 3.05) is 13.2 Å². The second kappa shape index (κ2) is 10.2. The minimum absolute atomic E-state index is 0.532. The van der Waals surface area contributed by atoms with Crippen molar-refractivity contribution in [3.05, 3.63) is 95.2 Å². The minimum atomic E-state index is 0.532. The number of aryl methyl sites for hydroxylation is 1. The van der Waals surface area contributed by atoms with Gasteiger partial charge in [0.2, 0.25) is 0 Å². The predicted octanol–water partition coefficient (Wildman–Crippen LogP) is 5.79. The third kappa shape index (κ3) is 5.47. The van der Waals surface area contributed by atoms with Crippen molar-refractivity contribution in [3.8, 4) is 11.5 Å². The van der Waals surface area contributed by atoms with Crippen LogP contribution in [0.4, 0.5) is 0 Å². The molecule has 0 unspecified atom stereocenters. The van der Waals surface area contributed by atoms with Crippen molar-refractivity contribution in [1.29, 1.82) is 0 Å². The highest BCUT2D eigenvalue weighted by atomic mass is 16.5. The molecule has 0 fully saturated rings. The van der Waals surface area contributed by atoms with Gasteiger partial charge in [0.05, 0.1) is 6.61 Å². The third-order valence-electron chi connectivity index (χ3n) is 5.36. The lowest BCUT2D eigenvalue weighted by Gasteiger charge is -2.14. The van der Waals surface area contributed by atoms with Gasteiger partial charge in [0.15, 0.2) is 11.5 Å². The molecule has 31 heavy (non-hydrogen) atoms. The Morgan fingerprint density at radius 1 is 0.871 bits per heavy atom. The monoisotopic (exact) mass is 414 g/mol. The number of para-hydroxylation sites is 1. The molecule has 0 aliphatic heterocycles. The van der Waals surface area contributed by atoms with Crippen LogP contribution in [-0.4, -0.2) is 18.1 Å². The third-order valence-corrected chi connectivity index (χ3v) is 5.36. The molecule has 0 atom stereocenters. The van der Waals surface area contributed by atoms with Crippen molar-refractivity contribution >= 4 is 10.9 Å². The smallest absolute Gasteiger partial charge is 0.161 e. The van der Waals surface area contributed by atoms with Gasteiger partial charge in [-0.2, -0.15) is 0 Å². The lowest BCUT2D eigenvalue weighted by Crippen LogP contribution is -2.16. The summed E-state index contributed by atoms with van der Waals surface area (Å²) in [4.78, 5) is 3.34. The summed E-state index contributed by atoms with van der Waals surface area (Å²) >= 11 is 0. The molecule has 4 nitrogen and oxygen atoms in total. The number of aromatic nitrogens is 1. The van der Waals surface area contributed by atoms with E-state index in [4.69, 9.17) is 9.47 Å². The van der Waals surface area contributed by atoms with Gasteiger partial charge < -0.3 is 19.8 Å². The predicted molar refractivity (Wildman–Crippen MR) is 127 cm³/mol. The highest BCUT2D eigenvalue weighted by Gasteiger charge is 2.08. The van der Waals surface area contributed by atoms with Gasteiger partial charge in [-0.3, -0.25) is 0 Å². The zero-order valence-corrected chi connectivity index (χ0v) is 18.3. The van der Waals surface area contributed by atoms with Crippen LogP contribution >= 0.6 is 0 Å². The van der Waals surface area contributed by atoms with Gasteiger partial charge in [0, 0.05) is 23.6 Å². The van der Waals surface area contributed by atoms with Gasteiger partial charge >= 0.3 is 0 Å². The van der Waals surface area contributed by atoms with E-state index < -0.39 is 0 Å². The van der Waals surface area contributed by atoms with Crippen molar-refractivity contribution in [1.82, 2.24) is 10.3 Å². The standard InChI is InChI=1S/C27H30N2O2/c1-3-30-27-16-21(11-12-26(27)31-19-22-8-6-7-20(2)15-22)17-28-14-13-23-18-29-25-10-5-4-9-24(23)25/h4-12,15-16,18,28-29H,3,13-14,17,19H2,1-2H3. The van der Waals surface area contributed by atoms with Crippen LogP contribution in [0.1, 0.15) is 29.2 Å². The minimum Gasteiger partial charge on any atom is -0.490 e. The van der Waals surface area contributed by atoms with Crippen molar-refractivity contribution in [3.63, 3.8) is 0 Å². The number of hydrogen-bond donors (Lipinski definition) is 2. The Morgan fingerprint density at radius 3 is 2.65 bits per heavy atom. The van der Waals surface area contributed by atoms with Crippen LogP contribution in [0.2, 0.25) is 0 Å². The number of ether oxygens (including phenoxy) is 2. The maximum absolute atomic E-state index is 6.05. The van der Waals surface area contributed by atoms with Gasteiger partial charge in [0.1, 0.15) is 6.61 Å². The van der Waals surface area contributed by atoms with Crippen LogP contribution in [-0.2, 0) is 19.6 Å². The van der Waals surface area contributed by atoms with Crippen molar-refractivity contribution in [2.45, 2.75) is 33.4 Å². The average Bonchev–Trinajstić information content (AvgIpc) is 3.19. The van der Waals surface area contributed by atoms with Crippen LogP contribution in [0, 0.1) is 6.92 Å². The molecular formula is C27H30N2O2. The summed E-state index contributed by atoms with van der Waals surface area (Å²) in [5, 5.41) is 4.85. The molecule has 0 aliphatic rings. The molecule has 2 N–H and O–H groups in total. The molecule has 160 valence electrons. The fourth-order valence-corrected chi connectivity index (χ4v) is 3.81. The highest BCUT2D eigenvalue weighted by molar-refractivity contribution is 5.83. The fraction of sp³-hybridized carbons (Fsp3) is 0.259. The summed E-state index contributed by atoms with van der Waals surface area (Å²) in [5.41, 5.74) is 6.12. The number of rotatable bonds is 10. The average molecular weight is 415 g/mol. The van der Waals surface area contributed by atoms with Crippen LogP contribution in [0.5, 0.6) is 11.5 Å². The van der Waals surface area contributed by atoms with Gasteiger partial charge in [-0.15, -0.1) is 0 Å². The van der Waals surface area contributed by atoms with E-state index in [0.29, 0.717) is 13.2 Å². The van der Waals surface area contributed by atoms with Crippen LogP contribution < -0.4 is 14.8 Å². The quantitative estimate of drug-likeness (QED) is 0.323. The molecule has 1 heterocycles. The first kappa shape index (κ1) is 21.0. The molecule has 4 heteroatoms. The van der Waals surface area contributed by atoms with E-state index in [-0.39, 0.29) is 0 Å². The second-order valence-corrected chi connectivity index (χ2v) is 7.78. The number of benzene rings is 3. The van der Waals surface area contributed by atoms with Crippen LogP contribution in [0.3, 0.4) is 0 Å². The SMILES string of the molecule is CCOc1cc(CNCCc2c[nH]c3ccccc23)ccc1OCc1cccc(C)c1. The molecule has 0 radical (unpaired) electrons. The lowest BCUT2D eigenvalue weighted by atomic mass is 10.1. The number of aromatic amines is 1. The number of nitrogens with one attached hydrogen (secondary N) is 2. The molecule has 0 spiro atoms. The van der Waals surface area contributed by atoms with E-state index in [9.17, 15) is 0 Å². The van der Waals surface area contributed by atoms with E-state index in [2.05, 4.69) is 84.1 Å². The molecule has 4 rings (SSSR count). The zero-order chi connectivity index (χ0) is 21.5. The van der Waals surface area contributed by atoms with Gasteiger partial charge in [-0.05, 0) is 61.7 Å². The Balaban J connectivity index is 1.33. The second-order valence-electron chi connectivity index (χ2n) is 7.78. The number of hydrogen-bond acceptors (Lipinski definition) is 3. The van der Waals surface area contributed by atoms with Gasteiger partial charge in [-0.1, -0.05) is 54.1 Å². The number of H-pyrrole nitrogens is 1. The van der Waals surface area contributed by atoms with E-state index in [0.717, 1.165) is 36.6 Å². The topological polar surface area (TPSA) is 46.3 Å². The summed E-state index contributed by atoms with van der Waals surface area (Å²) in [5.74, 6) is 1.58. The Morgan fingerprint density at radius 2 is 1.77 bits per heavy atom. The van der Waals surface area contributed by atoms with Gasteiger partial charge in [-0.25, -0.2) is 0 Å². The summed E-state index contributed by atoms with van der Waals surface area (Å²) in [6, 6.07) is 23.0. The van der Waals surface area contributed by atoms with E-state index in [1.165, 1.54) is 27.6 Å². The molecule has 0 aliphatic carbocycles. The summed E-state index contributed by atoms with van der Waals surface area (Å²) in [7, 11) is 0. The Kier molecular flexibility index (Phi) is 6.90. The van der Waals surface area contributed by atoms with Crippen molar-refractivity contribution < 1.29 is 9.47 Å². The normalized spacial score (nSPS) is 11.0. The van der Waals surface area contributed by atoms with E-state index in [1.807, 2.05) is 13.0 Å². The molecule has 0 saturated carbocycles. The first-order chi connectivity index (χ1) is 15.2. The summed E-state index contributed by atoms with van der Waals surface area (Å²) in [6.45, 7) is 6.94. The fourth-order valence-electron chi connectivity index (χ4n) is 3.81. The molecule has 3 aromatic carbocycles. The summed E-state index contributed by atoms with van der Waals surface area (Å²) < 4.78 is 11.9. The molecular weight excluding hydrogens is 384 g/mol. The molecule has 1 aromatic heterocycles. The highest BCUT2D eigenvalue weighted by Crippen LogP contribution is 2.29. The zero-order valence-electron chi connectivity index (χ0n) is 18.3. The Hall–Kier alpha value is -3.24. The van der Waals surface area contributed by atoms with Crippen LogP contribution in [0.15, 0.2) is 72.9 Å². The molecule has 0 amide bonds. The molecule has 4 aromatic rings. The maximum atomic E-state index is 6.05. The first-order valence-electron chi connectivity index (χ1n) is 10.9. The maximum Gasteiger partial charge on any atom is 0.161 e. The van der Waals surface area contributed by atoms with Crippen molar-refractivity contribution in [2.24, 2.45) is 0 Å². The Labute approximate surface area is 184 Å². The largest absolute Gasteiger partial charge is 0.490 e. The molecule has 0 saturated heterocycles. The summed E-state index contributed by atoms with van der Waals surface area (Å²) in [6.07, 6.45) is 3.10. The lowest BCUT2D eigenvalue weighted by molar-refractivity contribution is 0.269. The number of fused-ring (bicyclic) bond motifs is 1.